The maximum absolute atomic E-state index is 10.4. The number of benzene rings is 1. The van der Waals surface area contributed by atoms with E-state index in [1.165, 1.54) is 0 Å². The summed E-state index contributed by atoms with van der Waals surface area (Å²) in [5.74, 6) is 1.21. The van der Waals surface area contributed by atoms with Crippen molar-refractivity contribution >= 4 is 17.9 Å². The monoisotopic (exact) mass is 240 g/mol. The van der Waals surface area contributed by atoms with Gasteiger partial charge < -0.3 is 9.53 Å². The molecule has 0 aromatic heterocycles. The molecule has 0 atom stereocenters. The summed E-state index contributed by atoms with van der Waals surface area (Å²) in [6.45, 7) is 4.19. The van der Waals surface area contributed by atoms with Crippen molar-refractivity contribution in [3.05, 3.63) is 28.3 Å². The first-order valence-corrected chi connectivity index (χ1v) is 5.77. The Kier molecular flexibility index (Phi) is 4.81. The summed E-state index contributed by atoms with van der Waals surface area (Å²) >= 11 is 6.06. The molecule has 0 saturated carbocycles. The lowest BCUT2D eigenvalue weighted by molar-refractivity contribution is -0.107. The summed E-state index contributed by atoms with van der Waals surface area (Å²) in [6, 6.07) is 3.80. The molecule has 1 rings (SSSR count). The maximum atomic E-state index is 10.4. The zero-order valence-electron chi connectivity index (χ0n) is 9.92. The quantitative estimate of drug-likeness (QED) is 0.735. The number of aldehydes is 1. The van der Waals surface area contributed by atoms with Crippen LogP contribution in [0.3, 0.4) is 0 Å². The number of methoxy groups -OCH3 is 1. The van der Waals surface area contributed by atoms with Crippen molar-refractivity contribution in [2.24, 2.45) is 0 Å². The first kappa shape index (κ1) is 13.0. The third kappa shape index (κ3) is 2.99. The molecule has 0 fully saturated rings. The van der Waals surface area contributed by atoms with Crippen LogP contribution in [-0.2, 0) is 11.2 Å². The van der Waals surface area contributed by atoms with Crippen LogP contribution in [-0.4, -0.2) is 13.4 Å². The molecule has 16 heavy (non-hydrogen) atoms. The topological polar surface area (TPSA) is 26.3 Å². The molecule has 1 aromatic rings. The molecule has 0 aliphatic rings. The van der Waals surface area contributed by atoms with Gasteiger partial charge in [0, 0.05) is 11.4 Å². The average molecular weight is 241 g/mol. The zero-order chi connectivity index (χ0) is 12.1. The van der Waals surface area contributed by atoms with Crippen molar-refractivity contribution in [3.63, 3.8) is 0 Å². The Balaban J connectivity index is 3.18. The predicted molar refractivity (Wildman–Crippen MR) is 66.5 cm³/mol. The lowest BCUT2D eigenvalue weighted by Gasteiger charge is -2.16. The van der Waals surface area contributed by atoms with Crippen LogP contribution in [0.2, 0.25) is 5.02 Å². The van der Waals surface area contributed by atoms with E-state index in [0.29, 0.717) is 23.8 Å². The fourth-order valence-electron chi connectivity index (χ4n) is 1.75. The minimum atomic E-state index is 0.351. The molecule has 88 valence electrons. The molecule has 0 heterocycles. The van der Waals surface area contributed by atoms with E-state index in [0.717, 1.165) is 23.2 Å². The number of carbonyl (C=O) groups excluding carboxylic acids is 1. The minimum absolute atomic E-state index is 0.351. The highest BCUT2D eigenvalue weighted by Gasteiger charge is 2.13. The Morgan fingerprint density at radius 3 is 2.62 bits per heavy atom. The SMILES string of the molecule is COc1c(CCC=O)cc(Cl)cc1C(C)C. The van der Waals surface area contributed by atoms with Crippen LogP contribution in [0.1, 0.15) is 37.3 Å². The normalized spacial score (nSPS) is 10.6. The number of hydrogen-bond donors (Lipinski definition) is 0. The van der Waals surface area contributed by atoms with E-state index in [9.17, 15) is 4.79 Å². The van der Waals surface area contributed by atoms with Gasteiger partial charge in [0.05, 0.1) is 7.11 Å². The third-order valence-corrected chi connectivity index (χ3v) is 2.74. The van der Waals surface area contributed by atoms with Crippen molar-refractivity contribution in [3.8, 4) is 5.75 Å². The van der Waals surface area contributed by atoms with Crippen LogP contribution in [0.15, 0.2) is 12.1 Å². The Hall–Kier alpha value is -1.02. The van der Waals surface area contributed by atoms with Crippen molar-refractivity contribution in [2.45, 2.75) is 32.6 Å². The molecule has 0 aliphatic heterocycles. The van der Waals surface area contributed by atoms with Gasteiger partial charge >= 0.3 is 0 Å². The second kappa shape index (κ2) is 5.90. The second-order valence-corrected chi connectivity index (χ2v) is 4.48. The highest BCUT2D eigenvalue weighted by Crippen LogP contribution is 2.33. The van der Waals surface area contributed by atoms with E-state index >= 15 is 0 Å². The molecule has 0 aliphatic carbocycles. The van der Waals surface area contributed by atoms with Gasteiger partial charge in [-0.15, -0.1) is 0 Å². The first-order valence-electron chi connectivity index (χ1n) is 5.40. The van der Waals surface area contributed by atoms with E-state index in [-0.39, 0.29) is 0 Å². The van der Waals surface area contributed by atoms with E-state index < -0.39 is 0 Å². The van der Waals surface area contributed by atoms with E-state index in [1.54, 1.807) is 7.11 Å². The Morgan fingerprint density at radius 2 is 2.12 bits per heavy atom. The molecule has 0 amide bonds. The first-order chi connectivity index (χ1) is 7.60. The smallest absolute Gasteiger partial charge is 0.125 e. The van der Waals surface area contributed by atoms with Crippen molar-refractivity contribution in [1.29, 1.82) is 0 Å². The van der Waals surface area contributed by atoms with Gasteiger partial charge in [0.2, 0.25) is 0 Å². The van der Waals surface area contributed by atoms with E-state index in [4.69, 9.17) is 16.3 Å². The Labute approximate surface area is 102 Å². The van der Waals surface area contributed by atoms with Crippen LogP contribution in [0.25, 0.3) is 0 Å². The molecular formula is C13H17ClO2. The van der Waals surface area contributed by atoms with Gasteiger partial charge in [0.25, 0.3) is 0 Å². The fraction of sp³-hybridized carbons (Fsp3) is 0.462. The summed E-state index contributed by atoms with van der Waals surface area (Å²) in [6.07, 6.45) is 2.08. The zero-order valence-corrected chi connectivity index (χ0v) is 10.7. The number of ether oxygens (including phenoxy) is 1. The van der Waals surface area contributed by atoms with Gasteiger partial charge in [-0.3, -0.25) is 0 Å². The van der Waals surface area contributed by atoms with Gasteiger partial charge in [-0.05, 0) is 35.6 Å². The van der Waals surface area contributed by atoms with Crippen LogP contribution in [0, 0.1) is 0 Å². The largest absolute Gasteiger partial charge is 0.496 e. The van der Waals surface area contributed by atoms with E-state index in [2.05, 4.69) is 13.8 Å². The highest BCUT2D eigenvalue weighted by molar-refractivity contribution is 6.30. The summed E-state index contributed by atoms with van der Waals surface area (Å²) in [7, 11) is 1.65. The van der Waals surface area contributed by atoms with Crippen molar-refractivity contribution < 1.29 is 9.53 Å². The number of hydrogen-bond acceptors (Lipinski definition) is 2. The molecule has 1 aromatic carbocycles. The standard InChI is InChI=1S/C13H17ClO2/c1-9(2)12-8-11(14)7-10(5-4-6-15)13(12)16-3/h6-9H,4-5H2,1-3H3. The van der Waals surface area contributed by atoms with Gasteiger partial charge in [-0.25, -0.2) is 0 Å². The van der Waals surface area contributed by atoms with Crippen LogP contribution < -0.4 is 4.74 Å². The lowest BCUT2D eigenvalue weighted by atomic mass is 9.97. The summed E-state index contributed by atoms with van der Waals surface area (Å²) in [5, 5.41) is 0.699. The number of aryl methyl sites for hydroxylation is 1. The molecule has 0 unspecified atom stereocenters. The summed E-state index contributed by atoms with van der Waals surface area (Å²) < 4.78 is 5.42. The molecule has 0 spiro atoms. The number of rotatable bonds is 5. The maximum Gasteiger partial charge on any atom is 0.125 e. The average Bonchev–Trinajstić information content (AvgIpc) is 2.25. The summed E-state index contributed by atoms with van der Waals surface area (Å²) in [5.41, 5.74) is 2.10. The van der Waals surface area contributed by atoms with Crippen LogP contribution >= 0.6 is 11.6 Å². The molecule has 0 N–H and O–H groups in total. The Bertz CT molecular complexity index is 372. The Morgan fingerprint density at radius 1 is 1.44 bits per heavy atom. The molecule has 0 saturated heterocycles. The molecular weight excluding hydrogens is 224 g/mol. The predicted octanol–water partition coefficient (Wildman–Crippen LogP) is 3.60. The lowest BCUT2D eigenvalue weighted by Crippen LogP contribution is -2.00. The molecule has 3 heteroatoms. The van der Waals surface area contributed by atoms with Gasteiger partial charge in [0.15, 0.2) is 0 Å². The van der Waals surface area contributed by atoms with Crippen LogP contribution in [0.4, 0.5) is 0 Å². The van der Waals surface area contributed by atoms with Crippen LogP contribution in [0.5, 0.6) is 5.75 Å². The van der Waals surface area contributed by atoms with Gasteiger partial charge in [-0.2, -0.15) is 0 Å². The number of carbonyl (C=O) groups is 1. The van der Waals surface area contributed by atoms with E-state index in [1.807, 2.05) is 12.1 Å². The minimum Gasteiger partial charge on any atom is -0.496 e. The van der Waals surface area contributed by atoms with Crippen molar-refractivity contribution in [1.82, 2.24) is 0 Å². The second-order valence-electron chi connectivity index (χ2n) is 4.05. The fourth-order valence-corrected chi connectivity index (χ4v) is 2.00. The van der Waals surface area contributed by atoms with Gasteiger partial charge in [-0.1, -0.05) is 25.4 Å². The third-order valence-electron chi connectivity index (χ3n) is 2.52. The van der Waals surface area contributed by atoms with Crippen molar-refractivity contribution in [2.75, 3.05) is 7.11 Å². The molecule has 0 radical (unpaired) electrons. The molecule has 2 nitrogen and oxygen atoms in total. The van der Waals surface area contributed by atoms with Gasteiger partial charge in [0.1, 0.15) is 12.0 Å². The highest BCUT2D eigenvalue weighted by atomic mass is 35.5. The summed E-state index contributed by atoms with van der Waals surface area (Å²) in [4.78, 5) is 10.4. The molecule has 0 bridgehead atoms. The number of halogens is 1.